The van der Waals surface area contributed by atoms with Crippen LogP contribution in [-0.2, 0) is 4.74 Å². The zero-order valence-corrected chi connectivity index (χ0v) is 12.7. The number of rotatable bonds is 3. The quantitative estimate of drug-likeness (QED) is 0.869. The average molecular weight is 308 g/mol. The molecule has 0 saturated heterocycles. The summed E-state index contributed by atoms with van der Waals surface area (Å²) in [5.41, 5.74) is 1.83. The molecule has 2 aromatic carbocycles. The minimum absolute atomic E-state index is 0.514. The second-order valence-corrected chi connectivity index (χ2v) is 5.70. The highest BCUT2D eigenvalue weighted by molar-refractivity contribution is 7.99. The van der Waals surface area contributed by atoms with E-state index in [0.717, 1.165) is 9.79 Å². The van der Waals surface area contributed by atoms with Gasteiger partial charge in [0.15, 0.2) is 0 Å². The van der Waals surface area contributed by atoms with Gasteiger partial charge in [0.2, 0.25) is 0 Å². The Kier molecular flexibility index (Phi) is 4.93. The van der Waals surface area contributed by atoms with Gasteiger partial charge in [0.1, 0.15) is 0 Å². The molecule has 0 radical (unpaired) electrons. The van der Waals surface area contributed by atoms with Crippen molar-refractivity contribution in [1.82, 2.24) is 0 Å². The fourth-order valence-corrected chi connectivity index (χ4v) is 2.68. The molecule has 0 heterocycles. The van der Waals surface area contributed by atoms with Gasteiger partial charge in [-0.2, -0.15) is 0 Å². The summed E-state index contributed by atoms with van der Waals surface area (Å²) in [6.45, 7) is 2.05. The molecule has 1 amide bonds. The molecule has 3 nitrogen and oxygen atoms in total. The first-order chi connectivity index (χ1) is 9.58. The van der Waals surface area contributed by atoms with E-state index < -0.39 is 6.09 Å². The molecule has 104 valence electrons. The third-order valence-corrected chi connectivity index (χ3v) is 4.12. The molecule has 0 atom stereocenters. The van der Waals surface area contributed by atoms with E-state index in [1.54, 1.807) is 23.9 Å². The summed E-state index contributed by atoms with van der Waals surface area (Å²) in [4.78, 5) is 13.2. The molecule has 0 aliphatic rings. The Morgan fingerprint density at radius 2 is 1.90 bits per heavy atom. The van der Waals surface area contributed by atoms with Gasteiger partial charge in [-0.05, 0) is 37.3 Å². The summed E-state index contributed by atoms with van der Waals surface area (Å²) in [6.07, 6.45) is -0.514. The minimum atomic E-state index is -0.514. The molecule has 0 aliphatic heterocycles. The molecule has 0 aliphatic carbocycles. The van der Waals surface area contributed by atoms with Gasteiger partial charge in [-0.25, -0.2) is 4.79 Å². The topological polar surface area (TPSA) is 38.3 Å². The number of anilines is 1. The molecule has 0 aromatic heterocycles. The first-order valence-electron chi connectivity index (χ1n) is 5.97. The van der Waals surface area contributed by atoms with Crippen molar-refractivity contribution in [3.05, 3.63) is 53.1 Å². The Balaban J connectivity index is 2.13. The van der Waals surface area contributed by atoms with Crippen LogP contribution in [0.3, 0.4) is 0 Å². The number of ether oxygens (including phenoxy) is 1. The van der Waals surface area contributed by atoms with Crippen LogP contribution in [0.5, 0.6) is 0 Å². The van der Waals surface area contributed by atoms with E-state index in [9.17, 15) is 4.79 Å². The van der Waals surface area contributed by atoms with E-state index in [1.807, 2.05) is 6.07 Å². The van der Waals surface area contributed by atoms with Gasteiger partial charge in [-0.15, -0.1) is 0 Å². The zero-order valence-electron chi connectivity index (χ0n) is 11.1. The van der Waals surface area contributed by atoms with Gasteiger partial charge in [0, 0.05) is 15.5 Å². The molecule has 0 unspecified atom stereocenters. The summed E-state index contributed by atoms with van der Waals surface area (Å²) in [6, 6.07) is 13.6. The van der Waals surface area contributed by atoms with E-state index in [4.69, 9.17) is 11.6 Å². The Hall–Kier alpha value is -1.65. The van der Waals surface area contributed by atoms with Crippen LogP contribution >= 0.6 is 23.4 Å². The zero-order chi connectivity index (χ0) is 14.5. The monoisotopic (exact) mass is 307 g/mol. The minimum Gasteiger partial charge on any atom is -0.453 e. The maximum atomic E-state index is 11.1. The molecular weight excluding hydrogens is 294 g/mol. The molecule has 5 heteroatoms. The molecular formula is C15H14ClNO2S. The second kappa shape index (κ2) is 6.68. The first-order valence-corrected chi connectivity index (χ1v) is 7.17. The SMILES string of the molecule is COC(=O)Nc1ccc(Sc2ccc(C)cc2)c(Cl)c1. The molecule has 1 N–H and O–H groups in total. The van der Waals surface area contributed by atoms with E-state index >= 15 is 0 Å². The molecule has 0 bridgehead atoms. The lowest BCUT2D eigenvalue weighted by atomic mass is 10.2. The first kappa shape index (κ1) is 14.8. The molecule has 2 aromatic rings. The number of carbonyl (C=O) groups excluding carboxylic acids is 1. The van der Waals surface area contributed by atoms with Crippen molar-refractivity contribution in [3.63, 3.8) is 0 Å². The van der Waals surface area contributed by atoms with Gasteiger partial charge >= 0.3 is 6.09 Å². The lowest BCUT2D eigenvalue weighted by molar-refractivity contribution is 0.187. The number of benzene rings is 2. The van der Waals surface area contributed by atoms with Crippen molar-refractivity contribution >= 4 is 35.1 Å². The number of nitrogens with one attached hydrogen (secondary N) is 1. The Morgan fingerprint density at radius 3 is 2.50 bits per heavy atom. The highest BCUT2D eigenvalue weighted by Crippen LogP contribution is 2.34. The van der Waals surface area contributed by atoms with Crippen molar-refractivity contribution in [2.24, 2.45) is 0 Å². The number of amides is 1. The predicted molar refractivity (Wildman–Crippen MR) is 82.8 cm³/mol. The van der Waals surface area contributed by atoms with Crippen molar-refractivity contribution in [1.29, 1.82) is 0 Å². The van der Waals surface area contributed by atoms with Crippen molar-refractivity contribution in [3.8, 4) is 0 Å². The smallest absolute Gasteiger partial charge is 0.411 e. The number of halogens is 1. The van der Waals surface area contributed by atoms with Crippen LogP contribution in [-0.4, -0.2) is 13.2 Å². The van der Waals surface area contributed by atoms with E-state index in [1.165, 1.54) is 12.7 Å². The fraction of sp³-hybridized carbons (Fsp3) is 0.133. The highest BCUT2D eigenvalue weighted by Gasteiger charge is 2.06. The Bertz CT molecular complexity index is 614. The van der Waals surface area contributed by atoms with Gasteiger partial charge in [-0.1, -0.05) is 41.1 Å². The third kappa shape index (κ3) is 3.92. The normalized spacial score (nSPS) is 10.2. The van der Waals surface area contributed by atoms with Gasteiger partial charge in [0.25, 0.3) is 0 Å². The number of hydrogen-bond donors (Lipinski definition) is 1. The number of aryl methyl sites for hydroxylation is 1. The van der Waals surface area contributed by atoms with Crippen molar-refractivity contribution in [2.75, 3.05) is 12.4 Å². The standard InChI is InChI=1S/C15H14ClNO2S/c1-10-3-6-12(7-4-10)20-14-8-5-11(9-13(14)16)17-15(18)19-2/h3-9H,1-2H3,(H,17,18). The van der Waals surface area contributed by atoms with Crippen LogP contribution in [0.25, 0.3) is 0 Å². The van der Waals surface area contributed by atoms with E-state index in [2.05, 4.69) is 41.2 Å². The summed E-state index contributed by atoms with van der Waals surface area (Å²) in [5, 5.41) is 3.16. The maximum Gasteiger partial charge on any atom is 0.411 e. The summed E-state index contributed by atoms with van der Waals surface area (Å²) in [7, 11) is 1.32. The third-order valence-electron chi connectivity index (χ3n) is 2.61. The Morgan fingerprint density at radius 1 is 1.20 bits per heavy atom. The van der Waals surface area contributed by atoms with Crippen LogP contribution in [0.2, 0.25) is 5.02 Å². The molecule has 0 saturated carbocycles. The fourth-order valence-electron chi connectivity index (χ4n) is 1.56. The summed E-state index contributed by atoms with van der Waals surface area (Å²) < 4.78 is 4.53. The molecule has 0 spiro atoms. The number of hydrogen-bond acceptors (Lipinski definition) is 3. The van der Waals surface area contributed by atoms with Crippen molar-refractivity contribution in [2.45, 2.75) is 16.7 Å². The second-order valence-electron chi connectivity index (χ2n) is 4.18. The highest BCUT2D eigenvalue weighted by atomic mass is 35.5. The van der Waals surface area contributed by atoms with Crippen LogP contribution in [0.4, 0.5) is 10.5 Å². The van der Waals surface area contributed by atoms with E-state index in [-0.39, 0.29) is 0 Å². The Labute approximate surface area is 127 Å². The summed E-state index contributed by atoms with van der Waals surface area (Å²) in [5.74, 6) is 0. The average Bonchev–Trinajstić information content (AvgIpc) is 2.44. The largest absolute Gasteiger partial charge is 0.453 e. The van der Waals surface area contributed by atoms with Crippen LogP contribution in [0, 0.1) is 6.92 Å². The number of methoxy groups -OCH3 is 1. The van der Waals surface area contributed by atoms with Crippen LogP contribution in [0.15, 0.2) is 52.3 Å². The van der Waals surface area contributed by atoms with Crippen LogP contribution < -0.4 is 5.32 Å². The maximum absolute atomic E-state index is 11.1. The lowest BCUT2D eigenvalue weighted by Gasteiger charge is -2.08. The van der Waals surface area contributed by atoms with Crippen LogP contribution in [0.1, 0.15) is 5.56 Å². The van der Waals surface area contributed by atoms with Gasteiger partial charge < -0.3 is 4.74 Å². The lowest BCUT2D eigenvalue weighted by Crippen LogP contribution is -2.10. The van der Waals surface area contributed by atoms with E-state index in [0.29, 0.717) is 10.7 Å². The molecule has 20 heavy (non-hydrogen) atoms. The predicted octanol–water partition coefficient (Wildman–Crippen LogP) is 4.98. The molecule has 0 fully saturated rings. The molecule has 2 rings (SSSR count). The van der Waals surface area contributed by atoms with Gasteiger partial charge in [0.05, 0.1) is 12.1 Å². The van der Waals surface area contributed by atoms with Crippen molar-refractivity contribution < 1.29 is 9.53 Å². The van der Waals surface area contributed by atoms with Gasteiger partial charge in [-0.3, -0.25) is 5.32 Å². The summed E-state index contributed by atoms with van der Waals surface area (Å²) >= 11 is 7.80. The number of carbonyl (C=O) groups is 1.